The molecule has 1 unspecified atom stereocenters. The fraction of sp³-hybridized carbons (Fsp3) is 0.467. The van der Waals surface area contributed by atoms with Crippen molar-refractivity contribution in [3.05, 3.63) is 30.1 Å². The Kier molecular flexibility index (Phi) is 5.03. The summed E-state index contributed by atoms with van der Waals surface area (Å²) in [7, 11) is -3.75. The standard InChI is InChI=1S/C15H18FNO5S/c1-10(14(18)17-8-2-3-13(17)15(19)20)9-23(21,22)12-6-4-11(16)5-7-12/h4-7,10,13H,2-3,8-9H2,1H3,(H,19,20)/t10?,13-/m0/s1. The number of likely N-dealkylation sites (tertiary alicyclic amines) is 1. The molecule has 1 fully saturated rings. The molecule has 1 amide bonds. The van der Waals surface area contributed by atoms with Gasteiger partial charge in [0.1, 0.15) is 11.9 Å². The molecular formula is C15H18FNO5S. The van der Waals surface area contributed by atoms with Gasteiger partial charge in [-0.05, 0) is 37.1 Å². The Bertz CT molecular complexity index is 701. The number of halogens is 1. The van der Waals surface area contributed by atoms with Crippen LogP contribution in [0, 0.1) is 11.7 Å². The van der Waals surface area contributed by atoms with Crippen molar-refractivity contribution in [1.82, 2.24) is 4.90 Å². The summed E-state index contributed by atoms with van der Waals surface area (Å²) in [6.07, 6.45) is 0.957. The quantitative estimate of drug-likeness (QED) is 0.814. The highest BCUT2D eigenvalue weighted by Crippen LogP contribution is 2.22. The monoisotopic (exact) mass is 343 g/mol. The third-order valence-electron chi connectivity index (χ3n) is 3.88. The molecule has 1 saturated heterocycles. The van der Waals surface area contributed by atoms with Crippen molar-refractivity contribution in [2.75, 3.05) is 12.3 Å². The topological polar surface area (TPSA) is 91.8 Å². The van der Waals surface area contributed by atoms with E-state index in [1.807, 2.05) is 0 Å². The second-order valence-electron chi connectivity index (χ2n) is 5.66. The molecule has 2 rings (SSSR count). The number of carboxylic acid groups (broad SMARTS) is 1. The van der Waals surface area contributed by atoms with E-state index in [-0.39, 0.29) is 4.90 Å². The van der Waals surface area contributed by atoms with Crippen LogP contribution < -0.4 is 0 Å². The van der Waals surface area contributed by atoms with Crippen molar-refractivity contribution in [3.8, 4) is 0 Å². The lowest BCUT2D eigenvalue weighted by Crippen LogP contribution is -2.44. The van der Waals surface area contributed by atoms with Gasteiger partial charge in [0.25, 0.3) is 0 Å². The van der Waals surface area contributed by atoms with Crippen molar-refractivity contribution in [1.29, 1.82) is 0 Å². The first kappa shape index (κ1) is 17.4. The predicted octanol–water partition coefficient (Wildman–Crippen LogP) is 1.31. The van der Waals surface area contributed by atoms with Gasteiger partial charge in [0.05, 0.1) is 10.6 Å². The first-order chi connectivity index (χ1) is 10.7. The summed E-state index contributed by atoms with van der Waals surface area (Å²) < 4.78 is 37.4. The number of aliphatic carboxylic acids is 1. The Morgan fingerprint density at radius 3 is 2.52 bits per heavy atom. The molecule has 6 nitrogen and oxygen atoms in total. The Balaban J connectivity index is 2.11. The number of carbonyl (C=O) groups excluding carboxylic acids is 1. The molecule has 2 atom stereocenters. The van der Waals surface area contributed by atoms with E-state index in [0.29, 0.717) is 19.4 Å². The smallest absolute Gasteiger partial charge is 0.326 e. The van der Waals surface area contributed by atoms with Gasteiger partial charge in [-0.2, -0.15) is 0 Å². The number of hydrogen-bond acceptors (Lipinski definition) is 4. The van der Waals surface area contributed by atoms with E-state index in [2.05, 4.69) is 0 Å². The zero-order chi connectivity index (χ0) is 17.2. The van der Waals surface area contributed by atoms with Crippen LogP contribution in [0.4, 0.5) is 4.39 Å². The van der Waals surface area contributed by atoms with Gasteiger partial charge in [0.2, 0.25) is 5.91 Å². The molecule has 23 heavy (non-hydrogen) atoms. The maximum Gasteiger partial charge on any atom is 0.326 e. The minimum atomic E-state index is -3.75. The third kappa shape index (κ3) is 3.87. The Labute approximate surface area is 133 Å². The summed E-state index contributed by atoms with van der Waals surface area (Å²) in [5.41, 5.74) is 0. The lowest BCUT2D eigenvalue weighted by atomic mass is 10.1. The summed E-state index contributed by atoms with van der Waals surface area (Å²) in [5, 5.41) is 9.10. The summed E-state index contributed by atoms with van der Waals surface area (Å²) in [5.74, 6) is -3.43. The summed E-state index contributed by atoms with van der Waals surface area (Å²) in [6.45, 7) is 1.78. The van der Waals surface area contributed by atoms with Crippen molar-refractivity contribution < 1.29 is 27.5 Å². The highest BCUT2D eigenvalue weighted by atomic mass is 32.2. The summed E-state index contributed by atoms with van der Waals surface area (Å²) in [4.78, 5) is 24.7. The van der Waals surface area contributed by atoms with Crippen LogP contribution in [-0.2, 0) is 19.4 Å². The van der Waals surface area contributed by atoms with E-state index in [4.69, 9.17) is 5.11 Å². The number of benzene rings is 1. The van der Waals surface area contributed by atoms with Crippen LogP contribution in [0.2, 0.25) is 0 Å². The number of carbonyl (C=O) groups is 2. The van der Waals surface area contributed by atoms with Gasteiger partial charge in [-0.1, -0.05) is 6.92 Å². The van der Waals surface area contributed by atoms with Gasteiger partial charge in [-0.25, -0.2) is 17.6 Å². The van der Waals surface area contributed by atoms with Crippen LogP contribution in [0.15, 0.2) is 29.2 Å². The van der Waals surface area contributed by atoms with Gasteiger partial charge < -0.3 is 10.0 Å². The number of amides is 1. The molecule has 1 aromatic carbocycles. The van der Waals surface area contributed by atoms with Crippen molar-refractivity contribution >= 4 is 21.7 Å². The maximum atomic E-state index is 12.9. The number of hydrogen-bond donors (Lipinski definition) is 1. The second-order valence-corrected chi connectivity index (χ2v) is 7.70. The molecule has 0 aromatic heterocycles. The van der Waals surface area contributed by atoms with Crippen molar-refractivity contribution in [2.24, 2.45) is 5.92 Å². The highest BCUT2D eigenvalue weighted by Gasteiger charge is 2.37. The summed E-state index contributed by atoms with van der Waals surface area (Å²) in [6, 6.07) is 3.49. The molecule has 1 aliphatic heterocycles. The number of carboxylic acids is 1. The molecule has 0 bridgehead atoms. The Morgan fingerprint density at radius 1 is 1.35 bits per heavy atom. The Morgan fingerprint density at radius 2 is 1.96 bits per heavy atom. The van der Waals surface area contributed by atoms with Crippen LogP contribution in [0.25, 0.3) is 0 Å². The van der Waals surface area contributed by atoms with Crippen molar-refractivity contribution in [2.45, 2.75) is 30.7 Å². The largest absolute Gasteiger partial charge is 0.480 e. The SMILES string of the molecule is CC(CS(=O)(=O)c1ccc(F)cc1)C(=O)N1CCC[C@H]1C(=O)O. The van der Waals surface area contributed by atoms with Crippen LogP contribution >= 0.6 is 0 Å². The van der Waals surface area contributed by atoms with Crippen LogP contribution in [-0.4, -0.2) is 48.6 Å². The molecule has 0 spiro atoms. The maximum absolute atomic E-state index is 12.9. The van der Waals surface area contributed by atoms with E-state index in [0.717, 1.165) is 24.3 Å². The van der Waals surface area contributed by atoms with Crippen LogP contribution in [0.1, 0.15) is 19.8 Å². The van der Waals surface area contributed by atoms with E-state index in [9.17, 15) is 22.4 Å². The van der Waals surface area contributed by atoms with Gasteiger partial charge in [-0.3, -0.25) is 4.79 Å². The second kappa shape index (κ2) is 6.66. The third-order valence-corrected chi connectivity index (χ3v) is 5.81. The minimum Gasteiger partial charge on any atom is -0.480 e. The number of nitrogens with zero attached hydrogens (tertiary/aromatic N) is 1. The van der Waals surface area contributed by atoms with E-state index < -0.39 is 45.2 Å². The molecule has 1 aromatic rings. The molecule has 1 heterocycles. The van der Waals surface area contributed by atoms with Crippen LogP contribution in [0.5, 0.6) is 0 Å². The molecule has 1 N–H and O–H groups in total. The number of rotatable bonds is 5. The first-order valence-corrected chi connectivity index (χ1v) is 8.89. The lowest BCUT2D eigenvalue weighted by Gasteiger charge is -2.24. The molecule has 1 aliphatic rings. The molecule has 0 saturated carbocycles. The van der Waals surface area contributed by atoms with Crippen LogP contribution in [0.3, 0.4) is 0 Å². The van der Waals surface area contributed by atoms with E-state index in [1.54, 1.807) is 0 Å². The fourth-order valence-electron chi connectivity index (χ4n) is 2.71. The number of sulfone groups is 1. The zero-order valence-corrected chi connectivity index (χ0v) is 13.4. The van der Waals surface area contributed by atoms with Gasteiger partial charge >= 0.3 is 5.97 Å². The highest BCUT2D eigenvalue weighted by molar-refractivity contribution is 7.91. The molecular weight excluding hydrogens is 325 g/mol. The molecule has 126 valence electrons. The normalized spacial score (nSPS) is 19.6. The van der Waals surface area contributed by atoms with Gasteiger partial charge in [0.15, 0.2) is 9.84 Å². The molecule has 0 radical (unpaired) electrons. The molecule has 8 heteroatoms. The lowest BCUT2D eigenvalue weighted by molar-refractivity contribution is -0.149. The predicted molar refractivity (Wildman–Crippen MR) is 80.0 cm³/mol. The van der Waals surface area contributed by atoms with Gasteiger partial charge in [0, 0.05) is 12.5 Å². The first-order valence-electron chi connectivity index (χ1n) is 7.24. The average Bonchev–Trinajstić information content (AvgIpc) is 2.96. The van der Waals surface area contributed by atoms with Gasteiger partial charge in [-0.15, -0.1) is 0 Å². The fourth-order valence-corrected chi connectivity index (χ4v) is 4.25. The van der Waals surface area contributed by atoms with E-state index in [1.165, 1.54) is 11.8 Å². The minimum absolute atomic E-state index is 0.0604. The Hall–Kier alpha value is -1.96. The zero-order valence-electron chi connectivity index (χ0n) is 12.6. The average molecular weight is 343 g/mol. The summed E-state index contributed by atoms with van der Waals surface area (Å²) >= 11 is 0. The van der Waals surface area contributed by atoms with E-state index >= 15 is 0 Å². The van der Waals surface area contributed by atoms with Crippen molar-refractivity contribution in [3.63, 3.8) is 0 Å². The molecule has 0 aliphatic carbocycles.